The van der Waals surface area contributed by atoms with Crippen LogP contribution in [0.5, 0.6) is 0 Å². The highest BCUT2D eigenvalue weighted by Gasteiger charge is 2.38. The molecule has 9 nitrogen and oxygen atoms in total. The molecule has 0 saturated carbocycles. The summed E-state index contributed by atoms with van der Waals surface area (Å²) < 4.78 is 52.0. The minimum absolute atomic E-state index is 0.130. The van der Waals surface area contributed by atoms with Gasteiger partial charge in [-0.05, 0) is 31.2 Å². The predicted molar refractivity (Wildman–Crippen MR) is 133 cm³/mol. The van der Waals surface area contributed by atoms with Crippen molar-refractivity contribution in [1.29, 1.82) is 0 Å². The number of aliphatic carboxylic acids is 1. The van der Waals surface area contributed by atoms with Crippen LogP contribution in [-0.2, 0) is 9.53 Å². The van der Waals surface area contributed by atoms with Gasteiger partial charge in [-0.15, -0.1) is 0 Å². The molecule has 2 heterocycles. The Morgan fingerprint density at radius 1 is 1.08 bits per heavy atom. The number of aryl methyl sites for hydroxylation is 1. The number of aromatic nitrogens is 2. The zero-order valence-corrected chi connectivity index (χ0v) is 21.0. The molecule has 0 radical (unpaired) electrons. The number of morpholine rings is 1. The molecule has 1 aromatic heterocycles. The molecular weight excluding hydrogens is 524 g/mol. The second-order valence-corrected chi connectivity index (χ2v) is 8.76. The average molecular weight is 553 g/mol. The highest BCUT2D eigenvalue weighted by Crippen LogP contribution is 2.24. The zero-order chi connectivity index (χ0) is 28.6. The van der Waals surface area contributed by atoms with Crippen molar-refractivity contribution in [1.82, 2.24) is 20.0 Å². The summed E-state index contributed by atoms with van der Waals surface area (Å²) in [6, 6.07) is 13.7. The first-order chi connectivity index (χ1) is 18.4. The van der Waals surface area contributed by atoms with Crippen molar-refractivity contribution in [3.8, 4) is 16.9 Å². The van der Waals surface area contributed by atoms with Crippen LogP contribution in [0.3, 0.4) is 0 Å². The van der Waals surface area contributed by atoms with Crippen molar-refractivity contribution in [3.63, 3.8) is 0 Å². The van der Waals surface area contributed by atoms with Crippen molar-refractivity contribution in [3.05, 3.63) is 71.7 Å². The molecule has 1 aliphatic rings. The van der Waals surface area contributed by atoms with Crippen LogP contribution in [0.25, 0.3) is 16.9 Å². The van der Waals surface area contributed by atoms with Gasteiger partial charge in [-0.25, -0.2) is 13.9 Å². The highest BCUT2D eigenvalue weighted by molar-refractivity contribution is 6.00. The van der Waals surface area contributed by atoms with Gasteiger partial charge >= 0.3 is 12.1 Å². The molecule has 1 saturated heterocycles. The fourth-order valence-corrected chi connectivity index (χ4v) is 3.64. The van der Waals surface area contributed by atoms with Crippen LogP contribution < -0.4 is 5.32 Å². The minimum atomic E-state index is -5.08. The van der Waals surface area contributed by atoms with E-state index in [1.807, 2.05) is 31.2 Å². The van der Waals surface area contributed by atoms with Crippen molar-refractivity contribution in [2.24, 2.45) is 0 Å². The maximum atomic E-state index is 13.3. The van der Waals surface area contributed by atoms with Crippen molar-refractivity contribution < 1.29 is 42.1 Å². The Morgan fingerprint density at radius 3 is 2.23 bits per heavy atom. The number of benzene rings is 2. The van der Waals surface area contributed by atoms with Crippen LogP contribution in [0.1, 0.15) is 15.9 Å². The number of aliphatic hydroxyl groups excluding tert-OH is 1. The summed E-state index contributed by atoms with van der Waals surface area (Å²) >= 11 is 0. The first-order valence-corrected chi connectivity index (χ1v) is 11.9. The molecule has 1 aliphatic heterocycles. The maximum absolute atomic E-state index is 13.3. The summed E-state index contributed by atoms with van der Waals surface area (Å²) in [5.74, 6) is -3.42. The standard InChI is InChI=1S/C24H27FN4O3.C2HF3O2/c1-17-2-4-18(5-3-17)23-22(16-29(27-23)20-8-6-19(25)7-9-20)24(31)26-14-21(30)15-28-10-12-32-13-11-28;3-2(4,5)1(6)7/h2-9,16,21,30H,10-15H2,1H3,(H,26,31);(H,6,7). The van der Waals surface area contributed by atoms with E-state index in [2.05, 4.69) is 15.3 Å². The number of carbonyl (C=O) groups excluding carboxylic acids is 1. The Labute approximate surface area is 221 Å². The Morgan fingerprint density at radius 2 is 1.67 bits per heavy atom. The third-order valence-corrected chi connectivity index (χ3v) is 5.69. The lowest BCUT2D eigenvalue weighted by Gasteiger charge is -2.28. The van der Waals surface area contributed by atoms with Gasteiger partial charge in [0.2, 0.25) is 0 Å². The number of nitrogens with one attached hydrogen (secondary N) is 1. The molecule has 4 rings (SSSR count). The number of alkyl halides is 3. The lowest BCUT2D eigenvalue weighted by molar-refractivity contribution is -0.192. The van der Waals surface area contributed by atoms with E-state index in [4.69, 9.17) is 14.6 Å². The van der Waals surface area contributed by atoms with Gasteiger partial charge in [0, 0.05) is 37.9 Å². The Kier molecular flexibility index (Phi) is 10.2. The van der Waals surface area contributed by atoms with Gasteiger partial charge in [-0.2, -0.15) is 18.3 Å². The van der Waals surface area contributed by atoms with Crippen molar-refractivity contribution >= 4 is 11.9 Å². The summed E-state index contributed by atoms with van der Waals surface area (Å²) in [5.41, 5.74) is 3.46. The second kappa shape index (κ2) is 13.3. The molecule has 0 aliphatic carbocycles. The van der Waals surface area contributed by atoms with Gasteiger partial charge in [0.15, 0.2) is 0 Å². The normalized spacial score (nSPS) is 14.7. The number of hydrogen-bond donors (Lipinski definition) is 3. The molecule has 1 atom stereocenters. The summed E-state index contributed by atoms with van der Waals surface area (Å²) in [6.45, 7) is 5.45. The molecule has 1 fully saturated rings. The molecular formula is C26H28F4N4O5. The lowest BCUT2D eigenvalue weighted by Crippen LogP contribution is -2.44. The fourth-order valence-electron chi connectivity index (χ4n) is 3.64. The number of amides is 1. The number of carbonyl (C=O) groups is 2. The maximum Gasteiger partial charge on any atom is 0.490 e. The van der Waals surface area contributed by atoms with E-state index in [-0.39, 0.29) is 18.3 Å². The summed E-state index contributed by atoms with van der Waals surface area (Å²) in [4.78, 5) is 24.0. The third-order valence-electron chi connectivity index (χ3n) is 5.69. The summed E-state index contributed by atoms with van der Waals surface area (Å²) in [6.07, 6.45) is -4.14. The first kappa shape index (κ1) is 29.7. The van der Waals surface area contributed by atoms with E-state index < -0.39 is 18.2 Å². The van der Waals surface area contributed by atoms with E-state index in [1.54, 1.807) is 23.0 Å². The number of carboxylic acid groups (broad SMARTS) is 1. The predicted octanol–water partition coefficient (Wildman–Crippen LogP) is 3.04. The number of ether oxygens (including phenoxy) is 1. The fraction of sp³-hybridized carbons (Fsp3) is 0.346. The van der Waals surface area contributed by atoms with Gasteiger partial charge in [-0.1, -0.05) is 29.8 Å². The molecule has 0 spiro atoms. The van der Waals surface area contributed by atoms with E-state index >= 15 is 0 Å². The van der Waals surface area contributed by atoms with E-state index in [0.29, 0.717) is 36.7 Å². The first-order valence-electron chi connectivity index (χ1n) is 11.9. The topological polar surface area (TPSA) is 117 Å². The molecule has 3 N–H and O–H groups in total. The van der Waals surface area contributed by atoms with Crippen LogP contribution in [0.15, 0.2) is 54.7 Å². The lowest BCUT2D eigenvalue weighted by atomic mass is 10.1. The highest BCUT2D eigenvalue weighted by atomic mass is 19.4. The monoisotopic (exact) mass is 552 g/mol. The molecule has 1 unspecified atom stereocenters. The van der Waals surface area contributed by atoms with Crippen molar-refractivity contribution in [2.45, 2.75) is 19.2 Å². The second-order valence-electron chi connectivity index (χ2n) is 8.76. The summed E-state index contributed by atoms with van der Waals surface area (Å²) in [5, 5.41) is 24.9. The number of carboxylic acids is 1. The Bertz CT molecular complexity index is 1240. The SMILES string of the molecule is Cc1ccc(-c2nn(-c3ccc(F)cc3)cc2C(=O)NCC(O)CN2CCOCC2)cc1.O=C(O)C(F)(F)F. The Balaban J connectivity index is 0.000000532. The van der Waals surface area contributed by atoms with E-state index in [9.17, 15) is 27.5 Å². The van der Waals surface area contributed by atoms with Gasteiger partial charge < -0.3 is 20.3 Å². The Hall–Kier alpha value is -3.81. The number of hydrogen-bond acceptors (Lipinski definition) is 6. The smallest absolute Gasteiger partial charge is 0.475 e. The molecule has 39 heavy (non-hydrogen) atoms. The van der Waals surface area contributed by atoms with Gasteiger partial charge in [0.05, 0.1) is 30.6 Å². The number of rotatable bonds is 7. The van der Waals surface area contributed by atoms with Gasteiger partial charge in [0.25, 0.3) is 5.91 Å². The van der Waals surface area contributed by atoms with Crippen LogP contribution >= 0.6 is 0 Å². The molecule has 0 bridgehead atoms. The quantitative estimate of drug-likeness (QED) is 0.386. The van der Waals surface area contributed by atoms with E-state index in [1.165, 1.54) is 12.1 Å². The molecule has 13 heteroatoms. The van der Waals surface area contributed by atoms with Crippen molar-refractivity contribution in [2.75, 3.05) is 39.4 Å². The number of halogens is 4. The summed E-state index contributed by atoms with van der Waals surface area (Å²) in [7, 11) is 0. The van der Waals surface area contributed by atoms with Crippen LogP contribution in [0.2, 0.25) is 0 Å². The zero-order valence-electron chi connectivity index (χ0n) is 21.0. The minimum Gasteiger partial charge on any atom is -0.475 e. The van der Waals surface area contributed by atoms with E-state index in [0.717, 1.165) is 24.2 Å². The molecule has 3 aromatic rings. The number of β-amino-alcohol motifs (C(OH)–C–C–N with tert-alkyl or cyclic N) is 1. The third kappa shape index (κ3) is 8.87. The average Bonchev–Trinajstić information content (AvgIpc) is 3.34. The molecule has 2 aromatic carbocycles. The van der Waals surface area contributed by atoms with Gasteiger partial charge in [0.1, 0.15) is 11.5 Å². The number of nitrogens with zero attached hydrogens (tertiary/aromatic N) is 3. The van der Waals surface area contributed by atoms with Gasteiger partial charge in [-0.3, -0.25) is 9.69 Å². The van der Waals surface area contributed by atoms with Crippen LogP contribution in [-0.4, -0.2) is 88.4 Å². The van der Waals surface area contributed by atoms with Crippen LogP contribution in [0.4, 0.5) is 17.6 Å². The van der Waals surface area contributed by atoms with Crippen LogP contribution in [0, 0.1) is 12.7 Å². The largest absolute Gasteiger partial charge is 0.490 e. The molecule has 210 valence electrons. The number of aliphatic hydroxyl groups is 1. The molecule has 1 amide bonds.